The molecule has 1 saturated carbocycles. The minimum absolute atomic E-state index is 0.184. The van der Waals surface area contributed by atoms with E-state index in [2.05, 4.69) is 12.2 Å². The van der Waals surface area contributed by atoms with Gasteiger partial charge in [-0.2, -0.15) is 0 Å². The minimum atomic E-state index is -0.424. The van der Waals surface area contributed by atoms with Crippen LogP contribution in [0.15, 0.2) is 18.2 Å². The molecule has 98 valence electrons. The second-order valence-electron chi connectivity index (χ2n) is 5.43. The number of carbonyl (C=O) groups is 1. The number of nitrogens with one attached hydrogen (secondary N) is 1. The van der Waals surface area contributed by atoms with Crippen LogP contribution in [0, 0.1) is 11.2 Å². The average molecular weight is 250 g/mol. The number of rotatable bonds is 3. The van der Waals surface area contributed by atoms with Crippen molar-refractivity contribution in [3.8, 4) is 0 Å². The molecule has 0 radical (unpaired) electrons. The summed E-state index contributed by atoms with van der Waals surface area (Å²) in [6.45, 7) is 2.84. The summed E-state index contributed by atoms with van der Waals surface area (Å²) in [6, 6.07) is 3.85. The van der Waals surface area contributed by atoms with Gasteiger partial charge in [0.05, 0.1) is 5.56 Å². The third kappa shape index (κ3) is 2.81. The van der Waals surface area contributed by atoms with E-state index in [4.69, 9.17) is 5.73 Å². The van der Waals surface area contributed by atoms with Crippen LogP contribution in [-0.2, 0) is 0 Å². The minimum Gasteiger partial charge on any atom is -0.398 e. The van der Waals surface area contributed by atoms with Crippen LogP contribution in [0.1, 0.15) is 43.0 Å². The number of hydrogen-bond donors (Lipinski definition) is 2. The molecule has 1 aliphatic rings. The van der Waals surface area contributed by atoms with E-state index in [9.17, 15) is 9.18 Å². The summed E-state index contributed by atoms with van der Waals surface area (Å²) in [6.07, 6.45) is 4.74. The topological polar surface area (TPSA) is 55.1 Å². The predicted molar refractivity (Wildman–Crippen MR) is 69.7 cm³/mol. The highest BCUT2D eigenvalue weighted by Crippen LogP contribution is 2.36. The van der Waals surface area contributed by atoms with E-state index in [1.807, 2.05) is 0 Å². The van der Waals surface area contributed by atoms with E-state index in [1.54, 1.807) is 0 Å². The van der Waals surface area contributed by atoms with Gasteiger partial charge in [-0.25, -0.2) is 4.39 Å². The second-order valence-corrected chi connectivity index (χ2v) is 5.43. The highest BCUT2D eigenvalue weighted by atomic mass is 19.1. The van der Waals surface area contributed by atoms with Crippen molar-refractivity contribution in [3.63, 3.8) is 0 Å². The van der Waals surface area contributed by atoms with Gasteiger partial charge in [-0.3, -0.25) is 4.79 Å². The number of halogens is 1. The molecule has 0 heterocycles. The molecule has 0 saturated heterocycles. The number of nitrogen functional groups attached to an aromatic ring is 1. The molecule has 1 aliphatic carbocycles. The SMILES string of the molecule is CC1(CNC(=O)c2ccc(F)cc2N)CCCC1. The van der Waals surface area contributed by atoms with Crippen LogP contribution in [0.3, 0.4) is 0 Å². The number of benzene rings is 1. The normalized spacial score (nSPS) is 17.7. The monoisotopic (exact) mass is 250 g/mol. The molecule has 18 heavy (non-hydrogen) atoms. The molecule has 0 spiro atoms. The third-order valence-corrected chi connectivity index (χ3v) is 3.74. The molecule has 3 N–H and O–H groups in total. The molecule has 3 nitrogen and oxygen atoms in total. The van der Waals surface area contributed by atoms with Gasteiger partial charge in [0, 0.05) is 12.2 Å². The van der Waals surface area contributed by atoms with Crippen LogP contribution >= 0.6 is 0 Å². The van der Waals surface area contributed by atoms with E-state index in [1.165, 1.54) is 31.0 Å². The zero-order valence-electron chi connectivity index (χ0n) is 10.6. The molecule has 1 amide bonds. The molecule has 1 aromatic rings. The molecule has 0 bridgehead atoms. The summed E-state index contributed by atoms with van der Waals surface area (Å²) >= 11 is 0. The standard InChI is InChI=1S/C14H19FN2O/c1-14(6-2-3-7-14)9-17-13(18)11-5-4-10(15)8-12(11)16/h4-5,8H,2-3,6-7,9,16H2,1H3,(H,17,18). The number of amides is 1. The smallest absolute Gasteiger partial charge is 0.253 e. The largest absolute Gasteiger partial charge is 0.398 e. The Morgan fingerprint density at radius 1 is 1.44 bits per heavy atom. The second kappa shape index (κ2) is 4.96. The first-order valence-corrected chi connectivity index (χ1v) is 6.33. The summed E-state index contributed by atoms with van der Waals surface area (Å²) in [5.74, 6) is -0.646. The molecule has 4 heteroatoms. The lowest BCUT2D eigenvalue weighted by Gasteiger charge is -2.23. The maximum Gasteiger partial charge on any atom is 0.253 e. The predicted octanol–water partition coefficient (Wildman–Crippen LogP) is 2.72. The van der Waals surface area contributed by atoms with Crippen molar-refractivity contribution in [2.24, 2.45) is 5.41 Å². The van der Waals surface area contributed by atoms with Crippen LogP contribution in [0.5, 0.6) is 0 Å². The Labute approximate surface area is 107 Å². The van der Waals surface area contributed by atoms with Crippen LogP contribution in [-0.4, -0.2) is 12.5 Å². The van der Waals surface area contributed by atoms with Gasteiger partial charge in [0.25, 0.3) is 5.91 Å². The molecule has 2 rings (SSSR count). The number of nitrogens with two attached hydrogens (primary N) is 1. The van der Waals surface area contributed by atoms with Gasteiger partial charge in [0.2, 0.25) is 0 Å². The van der Waals surface area contributed by atoms with Crippen LogP contribution in [0.2, 0.25) is 0 Å². The number of carbonyl (C=O) groups excluding carboxylic acids is 1. The van der Waals surface area contributed by atoms with Crippen molar-refractivity contribution in [2.45, 2.75) is 32.6 Å². The van der Waals surface area contributed by atoms with Crippen molar-refractivity contribution in [1.29, 1.82) is 0 Å². The first kappa shape index (κ1) is 12.9. The lowest BCUT2D eigenvalue weighted by atomic mass is 9.89. The molecular formula is C14H19FN2O. The van der Waals surface area contributed by atoms with Crippen molar-refractivity contribution < 1.29 is 9.18 Å². The fraction of sp³-hybridized carbons (Fsp3) is 0.500. The molecule has 0 aromatic heterocycles. The summed E-state index contributed by atoms with van der Waals surface area (Å²) in [5, 5.41) is 2.90. The molecule has 0 unspecified atom stereocenters. The van der Waals surface area contributed by atoms with Crippen molar-refractivity contribution in [3.05, 3.63) is 29.6 Å². The van der Waals surface area contributed by atoms with Gasteiger partial charge >= 0.3 is 0 Å². The first-order chi connectivity index (χ1) is 8.50. The molecule has 1 aromatic carbocycles. The Morgan fingerprint density at radius 2 is 2.11 bits per heavy atom. The quantitative estimate of drug-likeness (QED) is 0.810. The molecule has 1 fully saturated rings. The Balaban J connectivity index is 1.99. The summed E-state index contributed by atoms with van der Waals surface area (Å²) in [4.78, 5) is 12.0. The lowest BCUT2D eigenvalue weighted by Crippen LogP contribution is -2.34. The van der Waals surface area contributed by atoms with E-state index in [0.717, 1.165) is 12.8 Å². The van der Waals surface area contributed by atoms with E-state index < -0.39 is 5.82 Å². The number of hydrogen-bond acceptors (Lipinski definition) is 2. The maximum absolute atomic E-state index is 12.9. The Hall–Kier alpha value is -1.58. The van der Waals surface area contributed by atoms with Gasteiger partial charge in [-0.05, 0) is 36.5 Å². The van der Waals surface area contributed by atoms with Crippen molar-refractivity contribution in [2.75, 3.05) is 12.3 Å². The molecule has 0 aliphatic heterocycles. The van der Waals surface area contributed by atoms with Crippen molar-refractivity contribution in [1.82, 2.24) is 5.32 Å². The lowest BCUT2D eigenvalue weighted by molar-refractivity contribution is 0.0935. The van der Waals surface area contributed by atoms with Gasteiger partial charge in [0.1, 0.15) is 5.82 Å². The Kier molecular flexibility index (Phi) is 3.55. The highest BCUT2D eigenvalue weighted by molar-refractivity contribution is 5.99. The highest BCUT2D eigenvalue weighted by Gasteiger charge is 2.29. The van der Waals surface area contributed by atoms with Crippen LogP contribution in [0.4, 0.5) is 10.1 Å². The van der Waals surface area contributed by atoms with Crippen LogP contribution < -0.4 is 11.1 Å². The fourth-order valence-corrected chi connectivity index (χ4v) is 2.53. The maximum atomic E-state index is 12.9. The van der Waals surface area contributed by atoms with Crippen LogP contribution in [0.25, 0.3) is 0 Å². The Morgan fingerprint density at radius 3 is 2.72 bits per heavy atom. The average Bonchev–Trinajstić information content (AvgIpc) is 2.74. The molecular weight excluding hydrogens is 231 g/mol. The van der Waals surface area contributed by atoms with Gasteiger partial charge < -0.3 is 11.1 Å². The van der Waals surface area contributed by atoms with E-state index in [-0.39, 0.29) is 17.0 Å². The van der Waals surface area contributed by atoms with Gasteiger partial charge in [-0.1, -0.05) is 19.8 Å². The first-order valence-electron chi connectivity index (χ1n) is 6.33. The number of anilines is 1. The Bertz CT molecular complexity index is 453. The third-order valence-electron chi connectivity index (χ3n) is 3.74. The zero-order chi connectivity index (χ0) is 13.2. The summed E-state index contributed by atoms with van der Waals surface area (Å²) in [5.41, 5.74) is 6.37. The zero-order valence-corrected chi connectivity index (χ0v) is 10.6. The van der Waals surface area contributed by atoms with E-state index >= 15 is 0 Å². The van der Waals surface area contributed by atoms with E-state index in [0.29, 0.717) is 12.1 Å². The summed E-state index contributed by atoms with van der Waals surface area (Å²) in [7, 11) is 0. The van der Waals surface area contributed by atoms with Gasteiger partial charge in [-0.15, -0.1) is 0 Å². The fourth-order valence-electron chi connectivity index (χ4n) is 2.53. The van der Waals surface area contributed by atoms with Crippen molar-refractivity contribution >= 4 is 11.6 Å². The molecule has 0 atom stereocenters. The van der Waals surface area contributed by atoms with Gasteiger partial charge in [0.15, 0.2) is 0 Å². The summed E-state index contributed by atoms with van der Waals surface area (Å²) < 4.78 is 12.9.